The van der Waals surface area contributed by atoms with Crippen molar-refractivity contribution >= 4 is 39.5 Å². The molecule has 0 bridgehead atoms. The van der Waals surface area contributed by atoms with Gasteiger partial charge in [-0.15, -0.1) is 0 Å². The van der Waals surface area contributed by atoms with Crippen LogP contribution in [0.3, 0.4) is 0 Å². The van der Waals surface area contributed by atoms with Crippen LogP contribution in [0.25, 0.3) is 38.8 Å². The van der Waals surface area contributed by atoms with Crippen LogP contribution in [0.4, 0.5) is 0 Å². The Bertz CT molecular complexity index is 1630. The average molecular weight is 468 g/mol. The van der Waals surface area contributed by atoms with E-state index in [9.17, 15) is 10.1 Å². The Labute approximate surface area is 200 Å². The molecule has 34 heavy (non-hydrogen) atoms. The van der Waals surface area contributed by atoms with Gasteiger partial charge in [0.1, 0.15) is 23.1 Å². The molecule has 3 aromatic heterocycles. The number of carbonyl (C=O) groups is 1. The van der Waals surface area contributed by atoms with Gasteiger partial charge in [-0.3, -0.25) is 9.55 Å². The van der Waals surface area contributed by atoms with Crippen LogP contribution in [-0.2, 0) is 4.74 Å². The standard InChI is InChI=1S/C26H18ClN5O2/c1-3-34-26(33)19-12-17(16-7-9-29-18(11-16)14-28)13-23-25(19)31-15(2)32(23)22-8-10-30-21-6-4-5-20(27)24(21)22/h4-13H,3H2,1-2H3. The van der Waals surface area contributed by atoms with Crippen molar-refractivity contribution in [1.29, 1.82) is 5.26 Å². The van der Waals surface area contributed by atoms with Crippen LogP contribution < -0.4 is 0 Å². The first-order valence-corrected chi connectivity index (χ1v) is 11.0. The number of carbonyl (C=O) groups excluding carboxylic acids is 1. The zero-order chi connectivity index (χ0) is 23.8. The molecule has 0 saturated heterocycles. The molecule has 0 spiro atoms. The van der Waals surface area contributed by atoms with E-state index >= 15 is 0 Å². The number of aryl methyl sites for hydroxylation is 1. The molecule has 0 aliphatic rings. The van der Waals surface area contributed by atoms with Gasteiger partial charge < -0.3 is 4.74 Å². The van der Waals surface area contributed by atoms with Crippen molar-refractivity contribution in [2.24, 2.45) is 0 Å². The summed E-state index contributed by atoms with van der Waals surface area (Å²) in [5.74, 6) is 0.212. The number of esters is 1. The van der Waals surface area contributed by atoms with Crippen molar-refractivity contribution in [1.82, 2.24) is 19.5 Å². The number of nitriles is 1. The number of hydrogen-bond acceptors (Lipinski definition) is 6. The summed E-state index contributed by atoms with van der Waals surface area (Å²) < 4.78 is 7.29. The minimum atomic E-state index is -0.466. The number of aromatic nitrogens is 4. The van der Waals surface area contributed by atoms with Crippen molar-refractivity contribution in [2.75, 3.05) is 6.61 Å². The van der Waals surface area contributed by atoms with Gasteiger partial charge in [0.15, 0.2) is 0 Å². The molecular formula is C26H18ClN5O2. The summed E-state index contributed by atoms with van der Waals surface area (Å²) in [6.45, 7) is 3.87. The predicted molar refractivity (Wildman–Crippen MR) is 130 cm³/mol. The third-order valence-electron chi connectivity index (χ3n) is 5.57. The molecule has 0 radical (unpaired) electrons. The second kappa shape index (κ2) is 8.58. The summed E-state index contributed by atoms with van der Waals surface area (Å²) in [6, 6.07) is 16.7. The van der Waals surface area contributed by atoms with Gasteiger partial charge in [-0.2, -0.15) is 5.26 Å². The molecule has 0 atom stereocenters. The second-order valence-corrected chi connectivity index (χ2v) is 8.02. The van der Waals surface area contributed by atoms with E-state index in [-0.39, 0.29) is 12.3 Å². The third kappa shape index (κ3) is 3.54. The highest BCUT2D eigenvalue weighted by Gasteiger charge is 2.21. The molecule has 0 aliphatic carbocycles. The Morgan fingerprint density at radius 3 is 2.74 bits per heavy atom. The van der Waals surface area contributed by atoms with Crippen LogP contribution in [0.2, 0.25) is 5.02 Å². The molecule has 0 saturated carbocycles. The molecule has 166 valence electrons. The fourth-order valence-electron chi connectivity index (χ4n) is 4.13. The summed E-state index contributed by atoms with van der Waals surface area (Å²) in [5.41, 5.74) is 4.90. The quantitative estimate of drug-likeness (QED) is 0.317. The SMILES string of the molecule is CCOC(=O)c1cc(-c2ccnc(C#N)c2)cc2c1nc(C)n2-c1ccnc2cccc(Cl)c12. The summed E-state index contributed by atoms with van der Waals surface area (Å²) in [4.78, 5) is 26.2. The lowest BCUT2D eigenvalue weighted by molar-refractivity contribution is 0.0528. The Balaban J connectivity index is 1.87. The fraction of sp³-hybridized carbons (Fsp3) is 0.115. The number of imidazole rings is 1. The highest BCUT2D eigenvalue weighted by atomic mass is 35.5. The maximum atomic E-state index is 12.9. The molecule has 0 unspecified atom stereocenters. The topological polar surface area (TPSA) is 93.7 Å². The Morgan fingerprint density at radius 2 is 1.94 bits per heavy atom. The zero-order valence-corrected chi connectivity index (χ0v) is 19.2. The van der Waals surface area contributed by atoms with E-state index < -0.39 is 5.97 Å². The van der Waals surface area contributed by atoms with Gasteiger partial charge in [-0.1, -0.05) is 17.7 Å². The van der Waals surface area contributed by atoms with E-state index in [0.29, 0.717) is 27.4 Å². The molecule has 0 N–H and O–H groups in total. The van der Waals surface area contributed by atoms with E-state index in [1.807, 2.05) is 41.8 Å². The monoisotopic (exact) mass is 467 g/mol. The normalized spacial score (nSPS) is 11.0. The first-order chi connectivity index (χ1) is 16.5. The van der Waals surface area contributed by atoms with E-state index in [2.05, 4.69) is 16.0 Å². The molecule has 3 heterocycles. The lowest BCUT2D eigenvalue weighted by atomic mass is 10.0. The van der Waals surface area contributed by atoms with E-state index in [1.165, 1.54) is 0 Å². The first-order valence-electron chi connectivity index (χ1n) is 10.6. The number of pyridine rings is 2. The molecular weight excluding hydrogens is 450 g/mol. The minimum Gasteiger partial charge on any atom is -0.462 e. The van der Waals surface area contributed by atoms with Crippen LogP contribution >= 0.6 is 11.6 Å². The molecule has 0 amide bonds. The van der Waals surface area contributed by atoms with E-state index in [1.54, 1.807) is 37.5 Å². The van der Waals surface area contributed by atoms with Gasteiger partial charge >= 0.3 is 5.97 Å². The number of nitrogens with zero attached hydrogens (tertiary/aromatic N) is 5. The van der Waals surface area contributed by atoms with Gasteiger partial charge in [-0.25, -0.2) is 14.8 Å². The third-order valence-corrected chi connectivity index (χ3v) is 5.88. The van der Waals surface area contributed by atoms with Crippen molar-refractivity contribution in [3.8, 4) is 22.9 Å². The van der Waals surface area contributed by atoms with Crippen LogP contribution in [0.1, 0.15) is 28.8 Å². The number of hydrogen-bond donors (Lipinski definition) is 0. The highest BCUT2D eigenvalue weighted by Crippen LogP contribution is 2.34. The van der Waals surface area contributed by atoms with Gasteiger partial charge in [0.05, 0.1) is 33.9 Å². The summed E-state index contributed by atoms with van der Waals surface area (Å²) in [7, 11) is 0. The van der Waals surface area contributed by atoms with Gasteiger partial charge in [0, 0.05) is 17.8 Å². The predicted octanol–water partition coefficient (Wildman–Crippen LogP) is 5.65. The van der Waals surface area contributed by atoms with Crippen molar-refractivity contribution in [3.63, 3.8) is 0 Å². The lowest BCUT2D eigenvalue weighted by Crippen LogP contribution is -2.06. The zero-order valence-electron chi connectivity index (χ0n) is 18.4. The number of rotatable bonds is 4. The summed E-state index contributed by atoms with van der Waals surface area (Å²) in [6.07, 6.45) is 3.29. The maximum Gasteiger partial charge on any atom is 0.340 e. The molecule has 2 aromatic carbocycles. The van der Waals surface area contributed by atoms with Crippen LogP contribution in [0, 0.1) is 18.3 Å². The van der Waals surface area contributed by atoms with Crippen LogP contribution in [-0.4, -0.2) is 32.1 Å². The van der Waals surface area contributed by atoms with Crippen molar-refractivity contribution < 1.29 is 9.53 Å². The van der Waals surface area contributed by atoms with Crippen molar-refractivity contribution in [2.45, 2.75) is 13.8 Å². The number of fused-ring (bicyclic) bond motifs is 2. The largest absolute Gasteiger partial charge is 0.462 e. The molecule has 8 heteroatoms. The average Bonchev–Trinajstić information content (AvgIpc) is 3.19. The molecule has 5 rings (SSSR count). The Kier molecular flexibility index (Phi) is 5.44. The summed E-state index contributed by atoms with van der Waals surface area (Å²) in [5, 5.41) is 10.6. The lowest BCUT2D eigenvalue weighted by Gasteiger charge is -2.13. The minimum absolute atomic E-state index is 0.239. The number of ether oxygens (including phenoxy) is 1. The van der Waals surface area contributed by atoms with Gasteiger partial charge in [0.2, 0.25) is 0 Å². The van der Waals surface area contributed by atoms with Crippen LogP contribution in [0.15, 0.2) is 60.9 Å². The summed E-state index contributed by atoms with van der Waals surface area (Å²) >= 11 is 6.58. The van der Waals surface area contributed by atoms with Gasteiger partial charge in [-0.05, 0) is 67.4 Å². The van der Waals surface area contributed by atoms with E-state index in [0.717, 1.165) is 27.7 Å². The molecule has 0 aliphatic heterocycles. The maximum absolute atomic E-state index is 12.9. The van der Waals surface area contributed by atoms with Gasteiger partial charge in [0.25, 0.3) is 0 Å². The number of benzene rings is 2. The fourth-order valence-corrected chi connectivity index (χ4v) is 4.40. The molecule has 5 aromatic rings. The number of halogens is 1. The van der Waals surface area contributed by atoms with E-state index in [4.69, 9.17) is 21.3 Å². The Morgan fingerprint density at radius 1 is 1.12 bits per heavy atom. The van der Waals surface area contributed by atoms with Crippen molar-refractivity contribution in [3.05, 3.63) is 83.0 Å². The molecule has 0 fully saturated rings. The first kappa shape index (κ1) is 21.6. The van der Waals surface area contributed by atoms with Crippen LogP contribution in [0.5, 0.6) is 0 Å². The molecule has 7 nitrogen and oxygen atoms in total. The second-order valence-electron chi connectivity index (χ2n) is 7.61. The smallest absolute Gasteiger partial charge is 0.340 e. The Hall–Kier alpha value is -4.28. The highest BCUT2D eigenvalue weighted by molar-refractivity contribution is 6.36.